The quantitative estimate of drug-likeness (QED) is 0.781. The summed E-state index contributed by atoms with van der Waals surface area (Å²) in [5.41, 5.74) is 0. The number of hydrogen-bond donors (Lipinski definition) is 2. The van der Waals surface area contributed by atoms with E-state index >= 15 is 0 Å². The number of furan rings is 1. The van der Waals surface area contributed by atoms with Crippen molar-refractivity contribution in [1.82, 2.24) is 10.6 Å². The molecule has 4 heteroatoms. The number of nitrogens with one attached hydrogen (secondary N) is 2. The van der Waals surface area contributed by atoms with Crippen LogP contribution in [-0.2, 0) is 0 Å². The second-order valence-electron chi connectivity index (χ2n) is 3.91. The number of carbonyl (C=O) groups excluding carboxylic acids is 1. The molecule has 2 N–H and O–H groups in total. The van der Waals surface area contributed by atoms with E-state index in [2.05, 4.69) is 10.6 Å². The zero-order valence-electron chi connectivity index (χ0n) is 8.88. The first-order valence-electron chi connectivity index (χ1n) is 5.34. The average molecular weight is 208 g/mol. The number of amides is 1. The normalized spacial score (nSPS) is 20.5. The molecule has 0 bridgehead atoms. The first-order chi connectivity index (χ1) is 7.25. The van der Waals surface area contributed by atoms with E-state index in [4.69, 9.17) is 4.42 Å². The highest BCUT2D eigenvalue weighted by molar-refractivity contribution is 5.91. The molecular weight excluding hydrogens is 192 g/mol. The van der Waals surface area contributed by atoms with Crippen molar-refractivity contribution in [1.29, 1.82) is 0 Å². The summed E-state index contributed by atoms with van der Waals surface area (Å²) < 4.78 is 5.23. The largest absolute Gasteiger partial charge is 0.456 e. The van der Waals surface area contributed by atoms with Crippen molar-refractivity contribution in [3.63, 3.8) is 0 Å². The fraction of sp³-hybridized carbons (Fsp3) is 0.545. The van der Waals surface area contributed by atoms with Gasteiger partial charge in [0, 0.05) is 12.6 Å². The van der Waals surface area contributed by atoms with Crippen molar-refractivity contribution >= 4 is 5.91 Å². The maximum absolute atomic E-state index is 11.6. The van der Waals surface area contributed by atoms with Crippen molar-refractivity contribution in [3.05, 3.63) is 23.7 Å². The highest BCUT2D eigenvalue weighted by Crippen LogP contribution is 2.07. The molecule has 1 aliphatic rings. The van der Waals surface area contributed by atoms with Gasteiger partial charge in [-0.25, -0.2) is 0 Å². The second-order valence-corrected chi connectivity index (χ2v) is 3.91. The lowest BCUT2D eigenvalue weighted by molar-refractivity contribution is 0.0921. The predicted octanol–water partition coefficient (Wildman–Crippen LogP) is 1.07. The van der Waals surface area contributed by atoms with E-state index in [-0.39, 0.29) is 5.91 Å². The fourth-order valence-electron chi connectivity index (χ4n) is 1.79. The van der Waals surface area contributed by atoms with Crippen LogP contribution in [0.3, 0.4) is 0 Å². The van der Waals surface area contributed by atoms with E-state index in [9.17, 15) is 4.79 Å². The third kappa shape index (κ3) is 2.59. The number of rotatable bonds is 3. The van der Waals surface area contributed by atoms with Crippen LogP contribution in [0.5, 0.6) is 0 Å². The molecule has 1 saturated heterocycles. The van der Waals surface area contributed by atoms with Crippen LogP contribution in [0.25, 0.3) is 0 Å². The Hall–Kier alpha value is -1.29. The molecule has 0 aromatic carbocycles. The summed E-state index contributed by atoms with van der Waals surface area (Å²) in [6.45, 7) is 3.56. The summed E-state index contributed by atoms with van der Waals surface area (Å²) in [5.74, 6) is 1.03. The smallest absolute Gasteiger partial charge is 0.287 e. The van der Waals surface area contributed by atoms with Gasteiger partial charge in [-0.3, -0.25) is 4.79 Å². The summed E-state index contributed by atoms with van der Waals surface area (Å²) in [5, 5.41) is 6.18. The lowest BCUT2D eigenvalue weighted by atomic mass is 10.2. The number of hydrogen-bond acceptors (Lipinski definition) is 3. The molecule has 1 fully saturated rings. The molecule has 1 aromatic rings. The van der Waals surface area contributed by atoms with E-state index in [0.717, 1.165) is 18.7 Å². The monoisotopic (exact) mass is 208 g/mol. The van der Waals surface area contributed by atoms with E-state index in [0.29, 0.717) is 18.3 Å². The summed E-state index contributed by atoms with van der Waals surface area (Å²) in [6, 6.07) is 3.92. The predicted molar refractivity (Wildman–Crippen MR) is 56.8 cm³/mol. The standard InChI is InChI=1S/C11H16N2O2/c1-8-4-5-10(15-8)11(14)13-7-9-3-2-6-12-9/h4-5,9,12H,2-3,6-7H2,1H3,(H,13,14). The lowest BCUT2D eigenvalue weighted by Crippen LogP contribution is -2.37. The van der Waals surface area contributed by atoms with Crippen molar-refractivity contribution in [3.8, 4) is 0 Å². The lowest BCUT2D eigenvalue weighted by Gasteiger charge is -2.10. The van der Waals surface area contributed by atoms with Crippen LogP contribution in [0.1, 0.15) is 29.2 Å². The highest BCUT2D eigenvalue weighted by Gasteiger charge is 2.16. The molecule has 15 heavy (non-hydrogen) atoms. The summed E-state index contributed by atoms with van der Waals surface area (Å²) >= 11 is 0. The first-order valence-corrected chi connectivity index (χ1v) is 5.34. The van der Waals surface area contributed by atoms with Crippen molar-refractivity contribution in [2.24, 2.45) is 0 Å². The summed E-state index contributed by atoms with van der Waals surface area (Å²) in [6.07, 6.45) is 2.33. The van der Waals surface area contributed by atoms with Gasteiger partial charge in [0.2, 0.25) is 0 Å². The highest BCUT2D eigenvalue weighted by atomic mass is 16.3. The molecule has 82 valence electrons. The van der Waals surface area contributed by atoms with E-state index < -0.39 is 0 Å². The van der Waals surface area contributed by atoms with Gasteiger partial charge in [-0.15, -0.1) is 0 Å². The minimum atomic E-state index is -0.128. The molecule has 0 aliphatic carbocycles. The molecular formula is C11H16N2O2. The first kappa shape index (κ1) is 10.2. The molecule has 0 spiro atoms. The summed E-state index contributed by atoms with van der Waals surface area (Å²) in [4.78, 5) is 11.6. The average Bonchev–Trinajstić information content (AvgIpc) is 2.84. The topological polar surface area (TPSA) is 54.3 Å². The molecule has 4 nitrogen and oxygen atoms in total. The van der Waals surface area contributed by atoms with Crippen molar-refractivity contribution < 1.29 is 9.21 Å². The van der Waals surface area contributed by atoms with E-state index in [1.54, 1.807) is 12.1 Å². The summed E-state index contributed by atoms with van der Waals surface area (Å²) in [7, 11) is 0. The Labute approximate surface area is 89.0 Å². The Bertz CT molecular complexity index is 340. The van der Waals surface area contributed by atoms with Gasteiger partial charge in [0.1, 0.15) is 5.76 Å². The zero-order valence-corrected chi connectivity index (χ0v) is 8.88. The van der Waals surface area contributed by atoms with Gasteiger partial charge in [0.25, 0.3) is 5.91 Å². The van der Waals surface area contributed by atoms with Crippen LogP contribution in [0, 0.1) is 6.92 Å². The Morgan fingerprint density at radius 2 is 2.53 bits per heavy atom. The molecule has 1 atom stereocenters. The molecule has 1 aromatic heterocycles. The SMILES string of the molecule is Cc1ccc(C(=O)NCC2CCCN2)o1. The molecule has 0 saturated carbocycles. The van der Waals surface area contributed by atoms with Gasteiger partial charge < -0.3 is 15.1 Å². The maximum Gasteiger partial charge on any atom is 0.287 e. The van der Waals surface area contributed by atoms with Crippen molar-refractivity contribution in [2.45, 2.75) is 25.8 Å². The molecule has 0 radical (unpaired) electrons. The Kier molecular flexibility index (Phi) is 3.06. The van der Waals surface area contributed by atoms with Crippen LogP contribution < -0.4 is 10.6 Å². The van der Waals surface area contributed by atoms with Crippen molar-refractivity contribution in [2.75, 3.05) is 13.1 Å². The Morgan fingerprint density at radius 3 is 3.13 bits per heavy atom. The van der Waals surface area contributed by atoms with Gasteiger partial charge in [-0.2, -0.15) is 0 Å². The van der Waals surface area contributed by atoms with E-state index in [1.165, 1.54) is 6.42 Å². The molecule has 2 heterocycles. The van der Waals surface area contributed by atoms with Crippen LogP contribution in [0.15, 0.2) is 16.5 Å². The van der Waals surface area contributed by atoms with Gasteiger partial charge >= 0.3 is 0 Å². The minimum Gasteiger partial charge on any atom is -0.456 e. The molecule has 1 aliphatic heterocycles. The number of aryl methyl sites for hydroxylation is 1. The zero-order chi connectivity index (χ0) is 10.7. The molecule has 2 rings (SSSR count). The maximum atomic E-state index is 11.6. The second kappa shape index (κ2) is 4.49. The fourth-order valence-corrected chi connectivity index (χ4v) is 1.79. The minimum absolute atomic E-state index is 0.128. The third-order valence-electron chi connectivity index (χ3n) is 2.64. The van der Waals surface area contributed by atoms with E-state index in [1.807, 2.05) is 6.92 Å². The van der Waals surface area contributed by atoms with Crippen LogP contribution in [-0.4, -0.2) is 25.0 Å². The van der Waals surface area contributed by atoms with Crippen LogP contribution in [0.4, 0.5) is 0 Å². The molecule has 1 amide bonds. The van der Waals surface area contributed by atoms with Crippen LogP contribution >= 0.6 is 0 Å². The molecule has 1 unspecified atom stereocenters. The van der Waals surface area contributed by atoms with Gasteiger partial charge in [-0.1, -0.05) is 0 Å². The number of carbonyl (C=O) groups is 1. The Balaban J connectivity index is 1.81. The van der Waals surface area contributed by atoms with Gasteiger partial charge in [0.15, 0.2) is 5.76 Å². The van der Waals surface area contributed by atoms with Crippen LogP contribution in [0.2, 0.25) is 0 Å². The van der Waals surface area contributed by atoms with Gasteiger partial charge in [0.05, 0.1) is 0 Å². The van der Waals surface area contributed by atoms with Gasteiger partial charge in [-0.05, 0) is 38.4 Å². The Morgan fingerprint density at radius 1 is 1.67 bits per heavy atom. The third-order valence-corrected chi connectivity index (χ3v) is 2.64.